The van der Waals surface area contributed by atoms with Crippen molar-refractivity contribution < 1.29 is 19.7 Å². The Morgan fingerprint density at radius 2 is 1.08 bits per heavy atom. The molecule has 194 valence electrons. The van der Waals surface area contributed by atoms with Gasteiger partial charge < -0.3 is 25.4 Å². The quantitative estimate of drug-likeness (QED) is 0.137. The van der Waals surface area contributed by atoms with Crippen LogP contribution in [-0.2, 0) is 12.8 Å². The van der Waals surface area contributed by atoms with Crippen molar-refractivity contribution in [3.05, 3.63) is 131 Å². The third-order valence-electron chi connectivity index (χ3n) is 6.27. The van der Waals surface area contributed by atoms with Gasteiger partial charge in [-0.3, -0.25) is 4.99 Å². The summed E-state index contributed by atoms with van der Waals surface area (Å²) in [5, 5.41) is 19.1. The van der Waals surface area contributed by atoms with E-state index in [0.29, 0.717) is 41.5 Å². The van der Waals surface area contributed by atoms with Gasteiger partial charge in [0.1, 0.15) is 34.5 Å². The highest BCUT2D eigenvalue weighted by Gasteiger charge is 2.09. The maximum absolute atomic E-state index is 9.57. The Bertz CT molecular complexity index is 1600. The van der Waals surface area contributed by atoms with E-state index in [-0.39, 0.29) is 11.5 Å². The van der Waals surface area contributed by atoms with Crippen molar-refractivity contribution in [3.8, 4) is 34.5 Å². The molecule has 0 aromatic heterocycles. The zero-order valence-electron chi connectivity index (χ0n) is 21.2. The standard InChI is InChI=1S/C33H28N2O4/c1-35-33-16-14-31(20-25(33)18-23-7-11-27(37)12-8-23)39-29-4-2-3-28(21-29)38-30-13-15-32(34)24(19-30)17-22-5-9-26(36)10-6-22/h2-16,19-21,36-37H,1,17-18,34H2. The molecule has 0 aliphatic carbocycles. The molecule has 6 nitrogen and oxygen atoms in total. The molecule has 0 amide bonds. The fraction of sp³-hybridized carbons (Fsp3) is 0.0606. The van der Waals surface area contributed by atoms with Crippen LogP contribution >= 0.6 is 0 Å². The highest BCUT2D eigenvalue weighted by atomic mass is 16.5. The summed E-state index contributed by atoms with van der Waals surface area (Å²) >= 11 is 0. The minimum absolute atomic E-state index is 0.229. The van der Waals surface area contributed by atoms with Crippen molar-refractivity contribution in [3.63, 3.8) is 0 Å². The van der Waals surface area contributed by atoms with Gasteiger partial charge in [-0.15, -0.1) is 0 Å². The maximum Gasteiger partial charge on any atom is 0.131 e. The summed E-state index contributed by atoms with van der Waals surface area (Å²) < 4.78 is 12.3. The number of anilines is 1. The van der Waals surface area contributed by atoms with Crippen molar-refractivity contribution in [2.24, 2.45) is 4.99 Å². The first-order chi connectivity index (χ1) is 18.9. The van der Waals surface area contributed by atoms with Gasteiger partial charge in [-0.2, -0.15) is 0 Å². The average Bonchev–Trinajstić information content (AvgIpc) is 2.93. The number of phenolic OH excluding ortho intramolecular Hbond substituents is 2. The van der Waals surface area contributed by atoms with Gasteiger partial charge >= 0.3 is 0 Å². The van der Waals surface area contributed by atoms with Crippen LogP contribution in [0.5, 0.6) is 34.5 Å². The van der Waals surface area contributed by atoms with Crippen LogP contribution in [0.25, 0.3) is 0 Å². The minimum Gasteiger partial charge on any atom is -0.508 e. The van der Waals surface area contributed by atoms with Gasteiger partial charge in [0.2, 0.25) is 0 Å². The first-order valence-electron chi connectivity index (χ1n) is 12.4. The summed E-state index contributed by atoms with van der Waals surface area (Å²) in [4.78, 5) is 4.14. The third kappa shape index (κ3) is 6.56. The van der Waals surface area contributed by atoms with E-state index in [1.54, 1.807) is 24.3 Å². The van der Waals surface area contributed by atoms with Crippen molar-refractivity contribution in [2.45, 2.75) is 12.8 Å². The summed E-state index contributed by atoms with van der Waals surface area (Å²) in [6.07, 6.45) is 1.24. The van der Waals surface area contributed by atoms with Gasteiger partial charge in [-0.1, -0.05) is 30.3 Å². The number of phenols is 2. The molecule has 4 N–H and O–H groups in total. The first kappa shape index (κ1) is 25.4. The van der Waals surface area contributed by atoms with Crippen LogP contribution in [0.3, 0.4) is 0 Å². The lowest BCUT2D eigenvalue weighted by Gasteiger charge is -2.13. The van der Waals surface area contributed by atoms with Crippen molar-refractivity contribution >= 4 is 18.1 Å². The lowest BCUT2D eigenvalue weighted by molar-refractivity contribution is 0.460. The molecule has 0 atom stereocenters. The Kier molecular flexibility index (Phi) is 7.46. The van der Waals surface area contributed by atoms with E-state index in [2.05, 4.69) is 11.7 Å². The second kappa shape index (κ2) is 11.4. The zero-order valence-corrected chi connectivity index (χ0v) is 21.2. The number of hydrogen-bond donors (Lipinski definition) is 3. The van der Waals surface area contributed by atoms with E-state index in [1.165, 1.54) is 0 Å². The zero-order chi connectivity index (χ0) is 27.2. The molecule has 0 spiro atoms. The highest BCUT2D eigenvalue weighted by Crippen LogP contribution is 2.33. The van der Waals surface area contributed by atoms with E-state index < -0.39 is 0 Å². The van der Waals surface area contributed by atoms with Gasteiger partial charge in [-0.25, -0.2) is 0 Å². The molecule has 0 bridgehead atoms. The number of rotatable bonds is 9. The Hall–Kier alpha value is -5.23. The molecular formula is C33H28N2O4. The van der Waals surface area contributed by atoms with Gasteiger partial charge in [-0.05, 0) is 115 Å². The Labute approximate surface area is 227 Å². The van der Waals surface area contributed by atoms with Crippen LogP contribution in [0.15, 0.2) is 114 Å². The van der Waals surface area contributed by atoms with Crippen LogP contribution in [-0.4, -0.2) is 16.9 Å². The molecule has 5 aromatic rings. The van der Waals surface area contributed by atoms with Crippen LogP contribution in [0.4, 0.5) is 11.4 Å². The van der Waals surface area contributed by atoms with Crippen LogP contribution in [0, 0.1) is 0 Å². The summed E-state index contributed by atoms with van der Waals surface area (Å²) in [6, 6.07) is 32.9. The van der Waals surface area contributed by atoms with Crippen molar-refractivity contribution in [1.82, 2.24) is 0 Å². The van der Waals surface area contributed by atoms with Crippen LogP contribution in [0.2, 0.25) is 0 Å². The highest BCUT2D eigenvalue weighted by molar-refractivity contribution is 5.56. The minimum atomic E-state index is 0.229. The third-order valence-corrected chi connectivity index (χ3v) is 6.27. The molecule has 0 unspecified atom stereocenters. The predicted molar refractivity (Wildman–Crippen MR) is 155 cm³/mol. The largest absolute Gasteiger partial charge is 0.508 e. The molecule has 5 rings (SSSR count). The van der Waals surface area contributed by atoms with Crippen molar-refractivity contribution in [2.75, 3.05) is 5.73 Å². The molecular weight excluding hydrogens is 488 g/mol. The molecule has 0 radical (unpaired) electrons. The molecule has 6 heteroatoms. The fourth-order valence-electron chi connectivity index (χ4n) is 4.26. The molecule has 39 heavy (non-hydrogen) atoms. The van der Waals surface area contributed by atoms with E-state index in [9.17, 15) is 10.2 Å². The van der Waals surface area contributed by atoms with E-state index in [4.69, 9.17) is 15.2 Å². The van der Waals surface area contributed by atoms with Crippen molar-refractivity contribution in [1.29, 1.82) is 0 Å². The number of ether oxygens (including phenoxy) is 2. The molecule has 0 saturated carbocycles. The number of nitrogens with zero attached hydrogens (tertiary/aromatic N) is 1. The Morgan fingerprint density at radius 3 is 1.64 bits per heavy atom. The van der Waals surface area contributed by atoms with Gasteiger partial charge in [0.05, 0.1) is 5.69 Å². The summed E-state index contributed by atoms with van der Waals surface area (Å²) in [7, 11) is 0. The van der Waals surface area contributed by atoms with Crippen LogP contribution in [0.1, 0.15) is 22.3 Å². The molecule has 0 fully saturated rings. The Balaban J connectivity index is 1.31. The normalized spacial score (nSPS) is 10.7. The molecule has 5 aromatic carbocycles. The first-order valence-corrected chi connectivity index (χ1v) is 12.4. The van der Waals surface area contributed by atoms with E-state index in [1.807, 2.05) is 84.9 Å². The van der Waals surface area contributed by atoms with Gasteiger partial charge in [0.25, 0.3) is 0 Å². The Morgan fingerprint density at radius 1 is 0.590 bits per heavy atom. The average molecular weight is 517 g/mol. The fourth-order valence-corrected chi connectivity index (χ4v) is 4.26. The number of aromatic hydroxyl groups is 2. The number of benzene rings is 5. The number of nitrogens with two attached hydrogens (primary N) is 1. The number of hydrogen-bond acceptors (Lipinski definition) is 6. The summed E-state index contributed by atoms with van der Waals surface area (Å²) in [6.45, 7) is 3.69. The maximum atomic E-state index is 9.57. The smallest absolute Gasteiger partial charge is 0.131 e. The molecule has 0 heterocycles. The SMILES string of the molecule is C=Nc1ccc(Oc2cccc(Oc3ccc(N)c(Cc4ccc(O)cc4)c3)c2)cc1Cc1ccc(O)cc1. The van der Waals surface area contributed by atoms with E-state index in [0.717, 1.165) is 27.9 Å². The molecule has 0 saturated heterocycles. The van der Waals surface area contributed by atoms with Gasteiger partial charge in [0, 0.05) is 11.8 Å². The number of nitrogen functional groups attached to an aromatic ring is 1. The summed E-state index contributed by atoms with van der Waals surface area (Å²) in [5.74, 6) is 3.04. The number of aliphatic imine (C=N–C) groups is 1. The lowest BCUT2D eigenvalue weighted by atomic mass is 10.0. The molecule has 0 aliphatic heterocycles. The van der Waals surface area contributed by atoms with E-state index >= 15 is 0 Å². The lowest BCUT2D eigenvalue weighted by Crippen LogP contribution is -1.97. The predicted octanol–water partition coefficient (Wildman–Crippen LogP) is 7.78. The monoisotopic (exact) mass is 516 g/mol. The molecule has 0 aliphatic rings. The summed E-state index contributed by atoms with van der Waals surface area (Å²) in [5.41, 5.74) is 11.6. The van der Waals surface area contributed by atoms with Crippen LogP contribution < -0.4 is 15.2 Å². The second-order valence-corrected chi connectivity index (χ2v) is 9.17. The van der Waals surface area contributed by atoms with Gasteiger partial charge in [0.15, 0.2) is 0 Å². The topological polar surface area (TPSA) is 97.3 Å². The second-order valence-electron chi connectivity index (χ2n) is 9.17.